The highest BCUT2D eigenvalue weighted by molar-refractivity contribution is 5.91. The summed E-state index contributed by atoms with van der Waals surface area (Å²) in [6.07, 6.45) is 25.7. The number of aromatic hydroxyl groups is 2. The third kappa shape index (κ3) is 15.3. The molecule has 0 atom stereocenters. The molecule has 1 aromatic rings. The average molecular weight is 430 g/mol. The predicted molar refractivity (Wildman–Crippen MR) is 131 cm³/mol. The van der Waals surface area contributed by atoms with Crippen molar-refractivity contribution in [3.63, 3.8) is 0 Å². The average Bonchev–Trinajstić information content (AvgIpc) is 2.76. The highest BCUT2D eigenvalue weighted by Crippen LogP contribution is 2.25. The highest BCUT2D eigenvalue weighted by atomic mass is 16.3. The van der Waals surface area contributed by atoms with Crippen LogP contribution < -0.4 is 5.32 Å². The van der Waals surface area contributed by atoms with Crippen molar-refractivity contribution in [2.75, 3.05) is 6.54 Å². The van der Waals surface area contributed by atoms with E-state index in [2.05, 4.69) is 24.4 Å². The van der Waals surface area contributed by atoms with Crippen molar-refractivity contribution in [3.05, 3.63) is 42.0 Å². The molecule has 0 heterocycles. The molecule has 31 heavy (non-hydrogen) atoms. The summed E-state index contributed by atoms with van der Waals surface area (Å²) in [6.45, 7) is 2.95. The minimum absolute atomic E-state index is 0.139. The maximum atomic E-state index is 11.8. The van der Waals surface area contributed by atoms with E-state index in [4.69, 9.17) is 0 Å². The standard InChI is InChI=1S/C27H43NO3/c1-2-3-4-5-6-7-8-9-10-11-12-13-14-15-16-17-22-28-27(31)21-19-24-18-20-25(29)26(30)23-24/h9-10,18-21,23,29-30H,2-8,11-17,22H2,1H3,(H,28,31)/b10-9?,21-19+. The summed E-state index contributed by atoms with van der Waals surface area (Å²) in [5.74, 6) is -0.492. The van der Waals surface area contributed by atoms with Crippen LogP contribution in [0.2, 0.25) is 0 Å². The van der Waals surface area contributed by atoms with E-state index in [-0.39, 0.29) is 17.4 Å². The second-order valence-electron chi connectivity index (χ2n) is 8.31. The minimum Gasteiger partial charge on any atom is -0.504 e. The van der Waals surface area contributed by atoms with Gasteiger partial charge in [-0.15, -0.1) is 0 Å². The van der Waals surface area contributed by atoms with Crippen molar-refractivity contribution in [3.8, 4) is 11.5 Å². The number of amides is 1. The second-order valence-corrected chi connectivity index (χ2v) is 8.31. The first-order valence-corrected chi connectivity index (χ1v) is 12.3. The van der Waals surface area contributed by atoms with Gasteiger partial charge in [-0.2, -0.15) is 0 Å². The lowest BCUT2D eigenvalue weighted by Gasteiger charge is -2.03. The molecule has 0 aliphatic carbocycles. The summed E-state index contributed by atoms with van der Waals surface area (Å²) in [6, 6.07) is 4.47. The molecule has 0 aliphatic rings. The Morgan fingerprint density at radius 1 is 0.806 bits per heavy atom. The van der Waals surface area contributed by atoms with E-state index >= 15 is 0 Å². The zero-order valence-electron chi connectivity index (χ0n) is 19.5. The predicted octanol–water partition coefficient (Wildman–Crippen LogP) is 7.26. The molecule has 1 amide bonds. The van der Waals surface area contributed by atoms with Crippen molar-refractivity contribution in [1.82, 2.24) is 5.32 Å². The number of phenolic OH excluding ortho intramolecular Hbond substituents is 2. The molecule has 1 rings (SSSR count). The maximum absolute atomic E-state index is 11.8. The highest BCUT2D eigenvalue weighted by Gasteiger charge is 1.99. The number of carbonyl (C=O) groups is 1. The van der Waals surface area contributed by atoms with Gasteiger partial charge < -0.3 is 15.5 Å². The molecular weight excluding hydrogens is 386 g/mol. The van der Waals surface area contributed by atoms with Gasteiger partial charge in [0.25, 0.3) is 0 Å². The number of hydrogen-bond donors (Lipinski definition) is 3. The summed E-state index contributed by atoms with van der Waals surface area (Å²) < 4.78 is 0. The lowest BCUT2D eigenvalue weighted by atomic mass is 10.1. The zero-order valence-corrected chi connectivity index (χ0v) is 19.5. The lowest BCUT2D eigenvalue weighted by Crippen LogP contribution is -2.21. The molecule has 0 saturated heterocycles. The van der Waals surface area contributed by atoms with Crippen molar-refractivity contribution in [2.24, 2.45) is 0 Å². The fourth-order valence-electron chi connectivity index (χ4n) is 3.46. The fraction of sp³-hybridized carbons (Fsp3) is 0.593. The van der Waals surface area contributed by atoms with Crippen molar-refractivity contribution < 1.29 is 15.0 Å². The molecule has 0 spiro atoms. The molecule has 0 unspecified atom stereocenters. The number of phenols is 2. The molecule has 0 bridgehead atoms. The first-order chi connectivity index (χ1) is 15.1. The van der Waals surface area contributed by atoms with Gasteiger partial charge in [0, 0.05) is 12.6 Å². The molecule has 174 valence electrons. The van der Waals surface area contributed by atoms with Crippen LogP contribution in [0.25, 0.3) is 6.08 Å². The molecular formula is C27H43NO3. The monoisotopic (exact) mass is 429 g/mol. The minimum atomic E-state index is -0.188. The van der Waals surface area contributed by atoms with Gasteiger partial charge in [-0.25, -0.2) is 0 Å². The molecule has 0 aromatic heterocycles. The van der Waals surface area contributed by atoms with Gasteiger partial charge in [-0.3, -0.25) is 4.79 Å². The Kier molecular flexibility index (Phi) is 16.0. The van der Waals surface area contributed by atoms with Crippen LogP contribution in [0.3, 0.4) is 0 Å². The van der Waals surface area contributed by atoms with Crippen LogP contribution in [-0.2, 0) is 4.79 Å². The Morgan fingerprint density at radius 3 is 2.00 bits per heavy atom. The quantitative estimate of drug-likeness (QED) is 0.0995. The molecule has 1 aromatic carbocycles. The Morgan fingerprint density at radius 2 is 1.39 bits per heavy atom. The van der Waals surface area contributed by atoms with Crippen molar-refractivity contribution >= 4 is 12.0 Å². The summed E-state index contributed by atoms with van der Waals surface area (Å²) in [7, 11) is 0. The smallest absolute Gasteiger partial charge is 0.243 e. The van der Waals surface area contributed by atoms with Crippen LogP contribution >= 0.6 is 0 Å². The molecule has 4 nitrogen and oxygen atoms in total. The first-order valence-electron chi connectivity index (χ1n) is 12.3. The Bertz CT molecular complexity index is 652. The largest absolute Gasteiger partial charge is 0.504 e. The van der Waals surface area contributed by atoms with Gasteiger partial charge in [0.2, 0.25) is 5.91 Å². The van der Waals surface area contributed by atoms with E-state index in [0.29, 0.717) is 12.1 Å². The Hall–Kier alpha value is -2.23. The van der Waals surface area contributed by atoms with E-state index in [1.807, 2.05) is 0 Å². The number of carbonyl (C=O) groups excluding carboxylic acids is 1. The second kappa shape index (κ2) is 18.5. The normalized spacial score (nSPS) is 11.5. The summed E-state index contributed by atoms with van der Waals surface area (Å²) in [5, 5.41) is 21.6. The number of unbranched alkanes of at least 4 members (excludes halogenated alkanes) is 12. The lowest BCUT2D eigenvalue weighted by molar-refractivity contribution is -0.116. The van der Waals surface area contributed by atoms with Gasteiger partial charge >= 0.3 is 0 Å². The summed E-state index contributed by atoms with van der Waals surface area (Å²) in [5.41, 5.74) is 0.669. The van der Waals surface area contributed by atoms with E-state index in [9.17, 15) is 15.0 Å². The zero-order chi connectivity index (χ0) is 22.6. The number of allylic oxidation sites excluding steroid dienone is 2. The van der Waals surface area contributed by atoms with Gasteiger partial charge in [0.15, 0.2) is 11.5 Å². The first kappa shape index (κ1) is 26.8. The van der Waals surface area contributed by atoms with Gasteiger partial charge in [-0.1, -0.05) is 82.9 Å². The fourth-order valence-corrected chi connectivity index (χ4v) is 3.46. The summed E-state index contributed by atoms with van der Waals surface area (Å²) >= 11 is 0. The molecule has 0 saturated carbocycles. The topological polar surface area (TPSA) is 69.6 Å². The number of rotatable bonds is 18. The maximum Gasteiger partial charge on any atom is 0.243 e. The van der Waals surface area contributed by atoms with Gasteiger partial charge in [0.05, 0.1) is 0 Å². The Balaban J connectivity index is 1.89. The van der Waals surface area contributed by atoms with E-state index in [0.717, 1.165) is 12.8 Å². The van der Waals surface area contributed by atoms with Crippen LogP contribution in [0.15, 0.2) is 36.4 Å². The van der Waals surface area contributed by atoms with Crippen LogP contribution in [0.5, 0.6) is 11.5 Å². The number of benzene rings is 1. The SMILES string of the molecule is CCCCCCCCC=CCCCCCCCCNC(=O)/C=C/c1ccc(O)c(O)c1. The van der Waals surface area contributed by atoms with Crippen LogP contribution in [0, 0.1) is 0 Å². The van der Waals surface area contributed by atoms with E-state index in [1.54, 1.807) is 12.1 Å². The van der Waals surface area contributed by atoms with Crippen LogP contribution in [0.1, 0.15) is 102 Å². The van der Waals surface area contributed by atoms with Crippen molar-refractivity contribution in [1.29, 1.82) is 0 Å². The molecule has 0 radical (unpaired) electrons. The third-order valence-electron chi connectivity index (χ3n) is 5.41. The van der Waals surface area contributed by atoms with Crippen molar-refractivity contribution in [2.45, 2.75) is 96.8 Å². The molecule has 4 heteroatoms. The summed E-state index contributed by atoms with van der Waals surface area (Å²) in [4.78, 5) is 11.8. The van der Waals surface area contributed by atoms with Crippen LogP contribution in [-0.4, -0.2) is 22.7 Å². The number of hydrogen-bond acceptors (Lipinski definition) is 3. The van der Waals surface area contributed by atoms with Gasteiger partial charge in [-0.05, 0) is 55.9 Å². The third-order valence-corrected chi connectivity index (χ3v) is 5.41. The van der Waals surface area contributed by atoms with E-state index < -0.39 is 0 Å². The molecule has 0 aliphatic heterocycles. The Labute approximate surface area is 189 Å². The van der Waals surface area contributed by atoms with Crippen LogP contribution in [0.4, 0.5) is 0 Å². The number of nitrogens with one attached hydrogen (secondary N) is 1. The van der Waals surface area contributed by atoms with E-state index in [1.165, 1.54) is 95.3 Å². The molecule has 3 N–H and O–H groups in total. The molecule has 0 fully saturated rings. The van der Waals surface area contributed by atoms with Gasteiger partial charge in [0.1, 0.15) is 0 Å².